The lowest BCUT2D eigenvalue weighted by molar-refractivity contribution is -0.00939. The van der Waals surface area contributed by atoms with E-state index in [1.54, 1.807) is 0 Å². The molecule has 2 aliphatic heterocycles. The van der Waals surface area contributed by atoms with E-state index in [-0.39, 0.29) is 0 Å². The molecule has 100 valence electrons. The highest BCUT2D eigenvalue weighted by atomic mass is 16.5. The number of hydrogen-bond donors (Lipinski definition) is 1. The molecule has 0 aromatic carbocycles. The van der Waals surface area contributed by atoms with Crippen LogP contribution in [0.4, 0.5) is 0 Å². The Morgan fingerprint density at radius 2 is 2.12 bits per heavy atom. The van der Waals surface area contributed by atoms with E-state index in [4.69, 9.17) is 4.74 Å². The van der Waals surface area contributed by atoms with Crippen molar-refractivity contribution in [3.8, 4) is 0 Å². The average molecular weight is 240 g/mol. The molecule has 3 nitrogen and oxygen atoms in total. The summed E-state index contributed by atoms with van der Waals surface area (Å²) in [5.41, 5.74) is 0. The summed E-state index contributed by atoms with van der Waals surface area (Å²) in [5.74, 6) is 0.751. The van der Waals surface area contributed by atoms with Gasteiger partial charge in [-0.1, -0.05) is 6.92 Å². The molecule has 0 bridgehead atoms. The first-order chi connectivity index (χ1) is 8.24. The minimum absolute atomic E-state index is 0.499. The molecule has 2 saturated heterocycles. The summed E-state index contributed by atoms with van der Waals surface area (Å²) in [4.78, 5) is 2.62. The summed E-state index contributed by atoms with van der Waals surface area (Å²) in [6.07, 6.45) is 5.64. The first kappa shape index (κ1) is 13.3. The van der Waals surface area contributed by atoms with Gasteiger partial charge in [-0.15, -0.1) is 0 Å². The van der Waals surface area contributed by atoms with Crippen molar-refractivity contribution >= 4 is 0 Å². The van der Waals surface area contributed by atoms with Crippen LogP contribution in [0.2, 0.25) is 0 Å². The lowest BCUT2D eigenvalue weighted by atomic mass is 10.0. The van der Waals surface area contributed by atoms with Gasteiger partial charge in [-0.3, -0.25) is 0 Å². The maximum Gasteiger partial charge on any atom is 0.0702 e. The zero-order chi connectivity index (χ0) is 12.1. The zero-order valence-corrected chi connectivity index (χ0v) is 11.5. The predicted octanol–water partition coefficient (Wildman–Crippen LogP) is 1.88. The number of hydrogen-bond acceptors (Lipinski definition) is 3. The molecular weight excluding hydrogens is 212 g/mol. The van der Waals surface area contributed by atoms with Crippen LogP contribution >= 0.6 is 0 Å². The van der Waals surface area contributed by atoms with Crippen molar-refractivity contribution in [1.82, 2.24) is 10.2 Å². The predicted molar refractivity (Wildman–Crippen MR) is 71.3 cm³/mol. The lowest BCUT2D eigenvalue weighted by Crippen LogP contribution is -2.45. The van der Waals surface area contributed by atoms with Crippen LogP contribution < -0.4 is 5.32 Å². The van der Waals surface area contributed by atoms with E-state index in [0.717, 1.165) is 25.6 Å². The van der Waals surface area contributed by atoms with Gasteiger partial charge in [0.2, 0.25) is 0 Å². The van der Waals surface area contributed by atoms with Crippen molar-refractivity contribution in [2.75, 3.05) is 32.8 Å². The summed E-state index contributed by atoms with van der Waals surface area (Å²) >= 11 is 0. The van der Waals surface area contributed by atoms with E-state index < -0.39 is 0 Å². The Bertz CT molecular complexity index is 216. The molecule has 2 aliphatic rings. The van der Waals surface area contributed by atoms with Gasteiger partial charge < -0.3 is 15.0 Å². The van der Waals surface area contributed by atoms with Crippen molar-refractivity contribution < 1.29 is 4.74 Å². The van der Waals surface area contributed by atoms with Crippen molar-refractivity contribution in [2.24, 2.45) is 5.92 Å². The molecule has 2 fully saturated rings. The molecule has 0 saturated carbocycles. The van der Waals surface area contributed by atoms with E-state index in [1.807, 2.05) is 0 Å². The van der Waals surface area contributed by atoms with Crippen LogP contribution in [0, 0.1) is 5.92 Å². The SMILES string of the molecule is CC1CNC(C)CCN(CC2CCCCO2)C1. The van der Waals surface area contributed by atoms with Crippen LogP contribution in [0.1, 0.15) is 39.5 Å². The Labute approximate surface area is 106 Å². The largest absolute Gasteiger partial charge is 0.377 e. The fourth-order valence-electron chi connectivity index (χ4n) is 2.88. The van der Waals surface area contributed by atoms with Crippen molar-refractivity contribution in [3.05, 3.63) is 0 Å². The average Bonchev–Trinajstić information content (AvgIpc) is 2.33. The third-order valence-corrected chi connectivity index (χ3v) is 4.00. The third-order valence-electron chi connectivity index (χ3n) is 4.00. The minimum Gasteiger partial charge on any atom is -0.377 e. The fraction of sp³-hybridized carbons (Fsp3) is 1.00. The molecule has 17 heavy (non-hydrogen) atoms. The molecule has 0 spiro atoms. The van der Waals surface area contributed by atoms with E-state index in [0.29, 0.717) is 12.1 Å². The van der Waals surface area contributed by atoms with Gasteiger partial charge in [0.05, 0.1) is 6.10 Å². The first-order valence-corrected chi connectivity index (χ1v) is 7.31. The van der Waals surface area contributed by atoms with E-state index in [9.17, 15) is 0 Å². The Kier molecular flexibility index (Phi) is 5.26. The number of nitrogens with one attached hydrogen (secondary N) is 1. The molecule has 2 heterocycles. The van der Waals surface area contributed by atoms with Gasteiger partial charge >= 0.3 is 0 Å². The van der Waals surface area contributed by atoms with Crippen LogP contribution in [0.25, 0.3) is 0 Å². The van der Waals surface area contributed by atoms with Crippen molar-refractivity contribution in [2.45, 2.75) is 51.7 Å². The van der Waals surface area contributed by atoms with E-state index in [1.165, 1.54) is 38.8 Å². The summed E-state index contributed by atoms with van der Waals surface area (Å²) < 4.78 is 5.86. The summed E-state index contributed by atoms with van der Waals surface area (Å²) in [7, 11) is 0. The quantitative estimate of drug-likeness (QED) is 0.797. The highest BCUT2D eigenvalue weighted by Crippen LogP contribution is 2.15. The highest BCUT2D eigenvalue weighted by Gasteiger charge is 2.21. The highest BCUT2D eigenvalue weighted by molar-refractivity contribution is 4.76. The maximum absolute atomic E-state index is 5.86. The molecule has 0 aliphatic carbocycles. The Balaban J connectivity index is 1.80. The van der Waals surface area contributed by atoms with Crippen molar-refractivity contribution in [3.63, 3.8) is 0 Å². The minimum atomic E-state index is 0.499. The van der Waals surface area contributed by atoms with Gasteiger partial charge in [0, 0.05) is 25.7 Å². The molecule has 3 unspecified atom stereocenters. The smallest absolute Gasteiger partial charge is 0.0702 e. The number of rotatable bonds is 2. The molecule has 1 N–H and O–H groups in total. The van der Waals surface area contributed by atoms with Gasteiger partial charge in [0.15, 0.2) is 0 Å². The monoisotopic (exact) mass is 240 g/mol. The Morgan fingerprint density at radius 1 is 1.24 bits per heavy atom. The molecule has 2 rings (SSSR count). The zero-order valence-electron chi connectivity index (χ0n) is 11.5. The van der Waals surface area contributed by atoms with Crippen LogP contribution in [0.3, 0.4) is 0 Å². The van der Waals surface area contributed by atoms with E-state index in [2.05, 4.69) is 24.1 Å². The standard InChI is InChI=1S/C14H28N2O/c1-12-9-15-13(2)6-7-16(10-12)11-14-5-3-4-8-17-14/h12-15H,3-11H2,1-2H3. The fourth-order valence-corrected chi connectivity index (χ4v) is 2.88. The van der Waals surface area contributed by atoms with Gasteiger partial charge in [-0.05, 0) is 51.6 Å². The lowest BCUT2D eigenvalue weighted by Gasteiger charge is -2.34. The number of ether oxygens (including phenoxy) is 1. The summed E-state index contributed by atoms with van der Waals surface area (Å²) in [6.45, 7) is 10.4. The van der Waals surface area contributed by atoms with Gasteiger partial charge in [0.25, 0.3) is 0 Å². The first-order valence-electron chi connectivity index (χ1n) is 7.31. The second kappa shape index (κ2) is 6.72. The maximum atomic E-state index is 5.86. The molecule has 0 aromatic heterocycles. The summed E-state index contributed by atoms with van der Waals surface area (Å²) in [6, 6.07) is 0.660. The number of nitrogens with zero attached hydrogens (tertiary/aromatic N) is 1. The Hall–Kier alpha value is -0.120. The van der Waals surface area contributed by atoms with Crippen LogP contribution in [0.5, 0.6) is 0 Å². The summed E-state index contributed by atoms with van der Waals surface area (Å²) in [5, 5.41) is 3.60. The van der Waals surface area contributed by atoms with Crippen molar-refractivity contribution in [1.29, 1.82) is 0 Å². The second-order valence-corrected chi connectivity index (χ2v) is 5.95. The topological polar surface area (TPSA) is 24.5 Å². The van der Waals surface area contributed by atoms with Gasteiger partial charge in [-0.25, -0.2) is 0 Å². The van der Waals surface area contributed by atoms with Crippen LogP contribution in [-0.2, 0) is 4.74 Å². The molecule has 3 heteroatoms. The van der Waals surface area contributed by atoms with Crippen LogP contribution in [-0.4, -0.2) is 49.8 Å². The van der Waals surface area contributed by atoms with E-state index >= 15 is 0 Å². The molecule has 3 atom stereocenters. The van der Waals surface area contributed by atoms with Gasteiger partial charge in [-0.2, -0.15) is 0 Å². The molecule has 0 aromatic rings. The van der Waals surface area contributed by atoms with Gasteiger partial charge in [0.1, 0.15) is 0 Å². The van der Waals surface area contributed by atoms with Crippen LogP contribution in [0.15, 0.2) is 0 Å². The normalized spacial score (nSPS) is 37.4. The molecule has 0 amide bonds. The third kappa shape index (κ3) is 4.57. The molecule has 0 radical (unpaired) electrons. The second-order valence-electron chi connectivity index (χ2n) is 5.95. The Morgan fingerprint density at radius 3 is 2.88 bits per heavy atom. The molecular formula is C14H28N2O.